The first-order valence-electron chi connectivity index (χ1n) is 10.9. The van der Waals surface area contributed by atoms with E-state index in [1.165, 1.54) is 24.8 Å². The van der Waals surface area contributed by atoms with Gasteiger partial charge in [0.2, 0.25) is 5.91 Å². The summed E-state index contributed by atoms with van der Waals surface area (Å²) in [5.41, 5.74) is 6.66. The Morgan fingerprint density at radius 1 is 1.37 bits per heavy atom. The van der Waals surface area contributed by atoms with Gasteiger partial charge in [-0.2, -0.15) is 0 Å². The number of hydrogen-bond donors (Lipinski definition) is 3. The zero-order valence-corrected chi connectivity index (χ0v) is 17.1. The molecule has 0 aromatic rings. The summed E-state index contributed by atoms with van der Waals surface area (Å²) < 4.78 is 0. The molecular weight excluding hydrogens is 338 g/mol. The Morgan fingerprint density at radius 2 is 2.15 bits per heavy atom. The van der Waals surface area contributed by atoms with E-state index < -0.39 is 6.10 Å². The smallest absolute Gasteiger partial charge is 0.217 e. The Balaban J connectivity index is 1.79. The van der Waals surface area contributed by atoms with Crippen LogP contribution >= 0.6 is 0 Å². The van der Waals surface area contributed by atoms with Crippen LogP contribution in [0, 0.1) is 23.7 Å². The predicted octanol–water partition coefficient (Wildman–Crippen LogP) is 4.11. The Hall–Kier alpha value is -1.13. The average Bonchev–Trinajstić information content (AvgIpc) is 3.11. The van der Waals surface area contributed by atoms with E-state index in [9.17, 15) is 15.0 Å². The van der Waals surface area contributed by atoms with Crippen molar-refractivity contribution in [3.8, 4) is 0 Å². The third kappa shape index (κ3) is 7.08. The van der Waals surface area contributed by atoms with Gasteiger partial charge >= 0.3 is 0 Å². The number of carbonyl (C=O) groups is 1. The van der Waals surface area contributed by atoms with E-state index in [0.717, 1.165) is 38.5 Å². The first kappa shape index (κ1) is 22.2. The molecule has 4 heteroatoms. The van der Waals surface area contributed by atoms with Crippen LogP contribution in [0.3, 0.4) is 0 Å². The number of nitrogens with two attached hydrogens (primary N) is 1. The van der Waals surface area contributed by atoms with Gasteiger partial charge in [0.05, 0.1) is 12.2 Å². The maximum Gasteiger partial charge on any atom is 0.217 e. The molecule has 0 aromatic carbocycles. The molecule has 6 atom stereocenters. The van der Waals surface area contributed by atoms with Crippen LogP contribution in [0.5, 0.6) is 0 Å². The van der Waals surface area contributed by atoms with Crippen molar-refractivity contribution in [1.82, 2.24) is 0 Å². The number of aliphatic hydroxyl groups excluding tert-OH is 2. The normalized spacial score (nSPS) is 29.7. The first-order valence-corrected chi connectivity index (χ1v) is 10.9. The van der Waals surface area contributed by atoms with Gasteiger partial charge in [0.25, 0.3) is 0 Å². The number of aliphatic hydroxyl groups is 2. The highest BCUT2D eigenvalue weighted by Crippen LogP contribution is 2.48. The van der Waals surface area contributed by atoms with Crippen molar-refractivity contribution in [2.75, 3.05) is 0 Å². The highest BCUT2D eigenvalue weighted by Gasteiger charge is 2.43. The number of hydrogen-bond acceptors (Lipinski definition) is 3. The Labute approximate surface area is 164 Å². The first-order chi connectivity index (χ1) is 12.9. The van der Waals surface area contributed by atoms with Gasteiger partial charge in [0.15, 0.2) is 0 Å². The van der Waals surface area contributed by atoms with Gasteiger partial charge in [0.1, 0.15) is 0 Å². The van der Waals surface area contributed by atoms with Gasteiger partial charge in [0, 0.05) is 12.3 Å². The Morgan fingerprint density at radius 3 is 2.85 bits per heavy atom. The highest BCUT2D eigenvalue weighted by molar-refractivity contribution is 5.73. The largest absolute Gasteiger partial charge is 0.392 e. The van der Waals surface area contributed by atoms with E-state index in [2.05, 4.69) is 26.0 Å². The van der Waals surface area contributed by atoms with E-state index in [4.69, 9.17) is 5.73 Å². The summed E-state index contributed by atoms with van der Waals surface area (Å²) in [7, 11) is 0. The predicted molar refractivity (Wildman–Crippen MR) is 110 cm³/mol. The highest BCUT2D eigenvalue weighted by atomic mass is 16.3. The molecule has 2 aliphatic rings. The van der Waals surface area contributed by atoms with Crippen molar-refractivity contribution in [2.24, 2.45) is 29.4 Å². The van der Waals surface area contributed by atoms with Crippen molar-refractivity contribution in [3.05, 3.63) is 23.8 Å². The molecule has 1 fully saturated rings. The summed E-state index contributed by atoms with van der Waals surface area (Å²) in [4.78, 5) is 10.8. The summed E-state index contributed by atoms with van der Waals surface area (Å²) in [6, 6.07) is 0. The summed E-state index contributed by atoms with van der Waals surface area (Å²) >= 11 is 0. The summed E-state index contributed by atoms with van der Waals surface area (Å²) in [6.45, 7) is 4.40. The summed E-state index contributed by atoms with van der Waals surface area (Å²) in [5, 5.41) is 20.8. The van der Waals surface area contributed by atoms with Crippen LogP contribution in [-0.4, -0.2) is 28.3 Å². The van der Waals surface area contributed by atoms with Crippen LogP contribution in [0.2, 0.25) is 0 Å². The molecule has 2 aliphatic carbocycles. The molecule has 0 saturated heterocycles. The molecule has 4 nitrogen and oxygen atoms in total. The van der Waals surface area contributed by atoms with Crippen molar-refractivity contribution < 1.29 is 15.0 Å². The van der Waals surface area contributed by atoms with Crippen molar-refractivity contribution >= 4 is 5.91 Å². The van der Waals surface area contributed by atoms with Gasteiger partial charge in [-0.25, -0.2) is 0 Å². The maximum atomic E-state index is 10.8. The second kappa shape index (κ2) is 11.0. The Bertz CT molecular complexity index is 528. The summed E-state index contributed by atoms with van der Waals surface area (Å²) in [5.74, 6) is 1.39. The van der Waals surface area contributed by atoms with E-state index in [-0.39, 0.29) is 17.9 Å². The number of fused-ring (bicyclic) bond motifs is 1. The third-order valence-electron chi connectivity index (χ3n) is 6.37. The number of amides is 1. The van der Waals surface area contributed by atoms with Crippen LogP contribution in [0.25, 0.3) is 0 Å². The molecule has 0 heterocycles. The van der Waals surface area contributed by atoms with Crippen molar-refractivity contribution in [1.29, 1.82) is 0 Å². The lowest BCUT2D eigenvalue weighted by Crippen LogP contribution is -2.18. The molecule has 1 amide bonds. The van der Waals surface area contributed by atoms with Gasteiger partial charge < -0.3 is 15.9 Å². The van der Waals surface area contributed by atoms with Gasteiger partial charge in [-0.15, -0.1) is 0 Å². The molecular formula is C23H39NO3. The van der Waals surface area contributed by atoms with Crippen LogP contribution in [-0.2, 0) is 4.79 Å². The van der Waals surface area contributed by atoms with Crippen molar-refractivity contribution in [3.63, 3.8) is 0 Å². The molecule has 1 saturated carbocycles. The van der Waals surface area contributed by atoms with Crippen molar-refractivity contribution in [2.45, 2.75) is 90.3 Å². The average molecular weight is 378 g/mol. The zero-order chi connectivity index (χ0) is 19.8. The van der Waals surface area contributed by atoms with Crippen LogP contribution < -0.4 is 5.73 Å². The van der Waals surface area contributed by atoms with Gasteiger partial charge in [-0.05, 0) is 56.3 Å². The second-order valence-electron chi connectivity index (χ2n) is 8.85. The molecule has 0 spiro atoms. The lowest BCUT2D eigenvalue weighted by Gasteiger charge is -2.19. The Kier molecular flexibility index (Phi) is 9.04. The number of carbonyl (C=O) groups excluding carboxylic acids is 1. The molecule has 1 unspecified atom stereocenters. The molecule has 154 valence electrons. The van der Waals surface area contributed by atoms with Crippen LogP contribution in [0.15, 0.2) is 23.8 Å². The standard InChI is InChI=1S/C23H39NO3/c1-3-4-7-16(2)12-19(25)10-11-20-21-14-17(8-5-6-9-23(24)27)13-18(21)15-22(20)26/h10-11,13,16,18-22,25-26H,3-9,12,14-15H2,1-2H3,(H2,24,27)/t16-,18?,19+,20+,21-,22+/m0/s1. The monoisotopic (exact) mass is 377 g/mol. The van der Waals surface area contributed by atoms with Gasteiger partial charge in [-0.3, -0.25) is 4.79 Å². The minimum absolute atomic E-state index is 0.148. The van der Waals surface area contributed by atoms with E-state index in [1.54, 1.807) is 0 Å². The molecule has 0 bridgehead atoms. The van der Waals surface area contributed by atoms with Crippen LogP contribution in [0.1, 0.15) is 78.1 Å². The third-order valence-corrected chi connectivity index (χ3v) is 6.37. The van der Waals surface area contributed by atoms with Crippen LogP contribution in [0.4, 0.5) is 0 Å². The van der Waals surface area contributed by atoms with Gasteiger partial charge in [-0.1, -0.05) is 56.9 Å². The SMILES string of the molecule is CCCC[C@H](C)C[C@H](O)C=C[C@H]1[C@H](O)CC2C=C(CCCCC(N)=O)C[C@@H]21. The van der Waals surface area contributed by atoms with E-state index >= 15 is 0 Å². The second-order valence-corrected chi connectivity index (χ2v) is 8.85. The van der Waals surface area contributed by atoms with E-state index in [1.807, 2.05) is 6.08 Å². The lowest BCUT2D eigenvalue weighted by atomic mass is 9.88. The fraction of sp³-hybridized carbons (Fsp3) is 0.783. The zero-order valence-electron chi connectivity index (χ0n) is 17.1. The fourth-order valence-electron chi connectivity index (χ4n) is 4.86. The minimum Gasteiger partial charge on any atom is -0.392 e. The number of primary amides is 1. The quantitative estimate of drug-likeness (QED) is 0.353. The fourth-order valence-corrected chi connectivity index (χ4v) is 4.86. The molecule has 0 aromatic heterocycles. The molecule has 0 radical (unpaired) electrons. The summed E-state index contributed by atoms with van der Waals surface area (Å²) in [6.07, 6.45) is 15.3. The lowest BCUT2D eigenvalue weighted by molar-refractivity contribution is -0.118. The number of unbranched alkanes of at least 4 members (excludes halogenated alkanes) is 2. The maximum absolute atomic E-state index is 10.8. The van der Waals surface area contributed by atoms with E-state index in [0.29, 0.717) is 24.2 Å². The number of rotatable bonds is 12. The molecule has 4 N–H and O–H groups in total. The number of allylic oxidation sites excluding steroid dienone is 2. The topological polar surface area (TPSA) is 83.6 Å². The molecule has 2 rings (SSSR count). The minimum atomic E-state index is -0.411. The molecule has 27 heavy (non-hydrogen) atoms. The molecule has 0 aliphatic heterocycles.